The lowest BCUT2D eigenvalue weighted by Crippen LogP contribution is -2.15. The van der Waals surface area contributed by atoms with Crippen LogP contribution in [0.15, 0.2) is 0 Å². The first kappa shape index (κ1) is 10.5. The highest BCUT2D eigenvalue weighted by Crippen LogP contribution is 2.52. The van der Waals surface area contributed by atoms with E-state index >= 15 is 0 Å². The molecule has 0 aromatic carbocycles. The van der Waals surface area contributed by atoms with Gasteiger partial charge in [0.15, 0.2) is 0 Å². The minimum Gasteiger partial charge on any atom is -0.0654 e. The van der Waals surface area contributed by atoms with Crippen molar-refractivity contribution in [3.05, 3.63) is 0 Å². The Bertz CT molecular complexity index is 171. The topological polar surface area (TPSA) is 0 Å². The van der Waals surface area contributed by atoms with E-state index in [0.717, 1.165) is 23.7 Å². The monoisotopic (exact) mass is 194 g/mol. The Morgan fingerprint density at radius 2 is 1.79 bits per heavy atom. The first-order chi connectivity index (χ1) is 6.81. The van der Waals surface area contributed by atoms with Crippen LogP contribution in [0.25, 0.3) is 0 Å². The molecule has 2 aliphatic rings. The summed E-state index contributed by atoms with van der Waals surface area (Å²) < 4.78 is 0. The fourth-order valence-corrected chi connectivity index (χ4v) is 3.87. The van der Waals surface area contributed by atoms with Crippen LogP contribution in [0.5, 0.6) is 0 Å². The van der Waals surface area contributed by atoms with E-state index in [1.165, 1.54) is 25.7 Å². The third kappa shape index (κ3) is 2.15. The van der Waals surface area contributed by atoms with Crippen molar-refractivity contribution in [2.24, 2.45) is 23.7 Å². The lowest BCUT2D eigenvalue weighted by Gasteiger charge is -2.25. The van der Waals surface area contributed by atoms with E-state index in [0.29, 0.717) is 0 Å². The van der Waals surface area contributed by atoms with Crippen LogP contribution in [0.4, 0.5) is 0 Å². The quantitative estimate of drug-likeness (QED) is 0.559. The number of unbranched alkanes of at least 4 members (excludes halogenated alkanes) is 3. The Kier molecular flexibility index (Phi) is 3.52. The van der Waals surface area contributed by atoms with Crippen molar-refractivity contribution in [1.29, 1.82) is 0 Å². The molecule has 0 aromatic heterocycles. The van der Waals surface area contributed by atoms with Gasteiger partial charge in [0, 0.05) is 0 Å². The van der Waals surface area contributed by atoms with Crippen LogP contribution in [-0.4, -0.2) is 0 Å². The van der Waals surface area contributed by atoms with Gasteiger partial charge in [-0.15, -0.1) is 0 Å². The number of hydrogen-bond acceptors (Lipinski definition) is 0. The van der Waals surface area contributed by atoms with Gasteiger partial charge in [-0.05, 0) is 42.9 Å². The minimum atomic E-state index is 1.06. The van der Waals surface area contributed by atoms with Gasteiger partial charge in [0.05, 0.1) is 0 Å². The van der Waals surface area contributed by atoms with Gasteiger partial charge < -0.3 is 0 Å². The van der Waals surface area contributed by atoms with E-state index in [4.69, 9.17) is 0 Å². The van der Waals surface area contributed by atoms with Crippen molar-refractivity contribution in [2.75, 3.05) is 0 Å². The maximum absolute atomic E-state index is 2.47. The fraction of sp³-hybridized carbons (Fsp3) is 1.00. The molecule has 14 heavy (non-hydrogen) atoms. The Labute approximate surface area is 89.5 Å². The second kappa shape index (κ2) is 4.68. The summed E-state index contributed by atoms with van der Waals surface area (Å²) in [5.74, 6) is 4.45. The molecule has 0 heteroatoms. The predicted molar refractivity (Wildman–Crippen MR) is 62.2 cm³/mol. The lowest BCUT2D eigenvalue weighted by molar-refractivity contribution is 0.254. The van der Waals surface area contributed by atoms with E-state index in [2.05, 4.69) is 13.8 Å². The molecule has 2 fully saturated rings. The SMILES string of the molecule is CCCCCCC1CC2CC1CC2C. The van der Waals surface area contributed by atoms with Crippen LogP contribution < -0.4 is 0 Å². The number of rotatable bonds is 5. The largest absolute Gasteiger partial charge is 0.0654 e. The first-order valence-electron chi connectivity index (χ1n) is 6.81. The maximum atomic E-state index is 2.47. The average Bonchev–Trinajstić information content (AvgIpc) is 2.71. The molecule has 4 atom stereocenters. The normalized spacial score (nSPS) is 40.7. The summed E-state index contributed by atoms with van der Waals surface area (Å²) in [6, 6.07) is 0. The Hall–Kier alpha value is 0. The molecule has 2 aliphatic carbocycles. The lowest BCUT2D eigenvalue weighted by atomic mass is 9.80. The van der Waals surface area contributed by atoms with E-state index in [1.807, 2.05) is 0 Å². The van der Waals surface area contributed by atoms with Gasteiger partial charge in [0.1, 0.15) is 0 Å². The van der Waals surface area contributed by atoms with Crippen LogP contribution in [-0.2, 0) is 0 Å². The molecular weight excluding hydrogens is 168 g/mol. The van der Waals surface area contributed by atoms with Crippen LogP contribution in [0.3, 0.4) is 0 Å². The van der Waals surface area contributed by atoms with Crippen molar-refractivity contribution in [2.45, 2.75) is 65.2 Å². The zero-order valence-corrected chi connectivity index (χ0v) is 9.97. The van der Waals surface area contributed by atoms with E-state index in [1.54, 1.807) is 25.7 Å². The molecule has 4 unspecified atom stereocenters. The van der Waals surface area contributed by atoms with Gasteiger partial charge >= 0.3 is 0 Å². The maximum Gasteiger partial charge on any atom is -0.0380 e. The molecule has 0 saturated heterocycles. The summed E-state index contributed by atoms with van der Waals surface area (Å²) in [5.41, 5.74) is 0. The van der Waals surface area contributed by atoms with E-state index in [9.17, 15) is 0 Å². The van der Waals surface area contributed by atoms with Crippen LogP contribution in [0, 0.1) is 23.7 Å². The van der Waals surface area contributed by atoms with Gasteiger partial charge in [-0.2, -0.15) is 0 Å². The highest BCUT2D eigenvalue weighted by atomic mass is 14.5. The molecule has 0 aliphatic heterocycles. The molecular formula is C14H26. The number of hydrogen-bond donors (Lipinski definition) is 0. The van der Waals surface area contributed by atoms with Crippen molar-refractivity contribution < 1.29 is 0 Å². The summed E-state index contributed by atoms with van der Waals surface area (Å²) in [6.45, 7) is 4.77. The highest BCUT2D eigenvalue weighted by Gasteiger charge is 2.42. The Balaban J connectivity index is 1.65. The summed E-state index contributed by atoms with van der Waals surface area (Å²) in [5, 5.41) is 0. The van der Waals surface area contributed by atoms with Crippen molar-refractivity contribution in [1.82, 2.24) is 0 Å². The molecule has 82 valence electrons. The summed E-state index contributed by atoms with van der Waals surface area (Å²) in [7, 11) is 0. The third-order valence-electron chi connectivity index (χ3n) is 4.79. The predicted octanol–water partition coefficient (Wildman–Crippen LogP) is 4.64. The molecule has 0 spiro atoms. The van der Waals surface area contributed by atoms with Gasteiger partial charge in [-0.25, -0.2) is 0 Å². The molecule has 0 radical (unpaired) electrons. The van der Waals surface area contributed by atoms with Crippen LogP contribution in [0.2, 0.25) is 0 Å². The standard InChI is InChI=1S/C14H26/c1-3-4-5-6-7-12-9-13-10-14(12)8-11(13)2/h11-14H,3-10H2,1-2H3. The summed E-state index contributed by atoms with van der Waals surface area (Å²) >= 11 is 0. The second-order valence-corrected chi connectivity index (χ2v) is 5.81. The van der Waals surface area contributed by atoms with Crippen molar-refractivity contribution in [3.8, 4) is 0 Å². The third-order valence-corrected chi connectivity index (χ3v) is 4.79. The minimum absolute atomic E-state index is 1.06. The summed E-state index contributed by atoms with van der Waals surface area (Å²) in [4.78, 5) is 0. The van der Waals surface area contributed by atoms with E-state index < -0.39 is 0 Å². The molecule has 0 amide bonds. The second-order valence-electron chi connectivity index (χ2n) is 5.81. The molecule has 0 aromatic rings. The van der Waals surface area contributed by atoms with Crippen molar-refractivity contribution >= 4 is 0 Å². The van der Waals surface area contributed by atoms with Crippen molar-refractivity contribution in [3.63, 3.8) is 0 Å². The molecule has 2 bridgehead atoms. The Morgan fingerprint density at radius 1 is 0.929 bits per heavy atom. The average molecular weight is 194 g/mol. The molecule has 0 heterocycles. The fourth-order valence-electron chi connectivity index (χ4n) is 3.87. The van der Waals surface area contributed by atoms with Crippen LogP contribution >= 0.6 is 0 Å². The number of fused-ring (bicyclic) bond motifs is 2. The Morgan fingerprint density at radius 3 is 2.36 bits per heavy atom. The van der Waals surface area contributed by atoms with Gasteiger partial charge in [0.2, 0.25) is 0 Å². The zero-order chi connectivity index (χ0) is 9.97. The highest BCUT2D eigenvalue weighted by molar-refractivity contribution is 4.93. The van der Waals surface area contributed by atoms with Gasteiger partial charge in [-0.1, -0.05) is 46.0 Å². The molecule has 2 rings (SSSR count). The molecule has 0 nitrogen and oxygen atoms in total. The first-order valence-corrected chi connectivity index (χ1v) is 6.81. The zero-order valence-electron chi connectivity index (χ0n) is 9.97. The van der Waals surface area contributed by atoms with Gasteiger partial charge in [0.25, 0.3) is 0 Å². The van der Waals surface area contributed by atoms with Gasteiger partial charge in [-0.3, -0.25) is 0 Å². The van der Waals surface area contributed by atoms with Crippen LogP contribution in [0.1, 0.15) is 65.2 Å². The van der Waals surface area contributed by atoms with E-state index in [-0.39, 0.29) is 0 Å². The smallest absolute Gasteiger partial charge is 0.0380 e. The summed E-state index contributed by atoms with van der Waals surface area (Å²) in [6.07, 6.45) is 12.1. The molecule has 0 N–H and O–H groups in total. The molecule has 2 saturated carbocycles.